The molecule has 0 radical (unpaired) electrons. The zero-order valence-corrected chi connectivity index (χ0v) is 16.4. The van der Waals surface area contributed by atoms with Crippen LogP contribution in [0.2, 0.25) is 0 Å². The second kappa shape index (κ2) is 9.98. The van der Waals surface area contributed by atoms with Gasteiger partial charge in [0.2, 0.25) is 6.10 Å². The monoisotopic (exact) mass is 399 g/mol. The van der Waals surface area contributed by atoms with Crippen molar-refractivity contribution in [2.45, 2.75) is 13.0 Å². The van der Waals surface area contributed by atoms with Crippen LogP contribution in [0.3, 0.4) is 0 Å². The van der Waals surface area contributed by atoms with Crippen LogP contribution in [-0.2, 0) is 14.3 Å². The van der Waals surface area contributed by atoms with E-state index in [1.165, 1.54) is 13.0 Å². The average molecular weight is 399 g/mol. The van der Waals surface area contributed by atoms with E-state index in [4.69, 9.17) is 4.74 Å². The van der Waals surface area contributed by atoms with E-state index in [1.807, 2.05) is 36.4 Å². The summed E-state index contributed by atoms with van der Waals surface area (Å²) in [6.07, 6.45) is 1.77. The van der Waals surface area contributed by atoms with E-state index < -0.39 is 18.0 Å². The van der Waals surface area contributed by atoms with Gasteiger partial charge in [-0.05, 0) is 30.7 Å². The van der Waals surface area contributed by atoms with Crippen LogP contribution >= 0.6 is 0 Å². The van der Waals surface area contributed by atoms with Crippen molar-refractivity contribution in [1.82, 2.24) is 0 Å². The smallest absolute Gasteiger partial charge is 0.331 e. The lowest BCUT2D eigenvalue weighted by Crippen LogP contribution is -2.25. The number of hydrogen-bond donors (Lipinski definition) is 1. The highest BCUT2D eigenvalue weighted by Crippen LogP contribution is 2.21. The lowest BCUT2D eigenvalue weighted by atomic mass is 10.1. The van der Waals surface area contributed by atoms with Crippen LogP contribution in [0.15, 0.2) is 91.0 Å². The van der Waals surface area contributed by atoms with Crippen molar-refractivity contribution in [3.8, 4) is 0 Å². The Morgan fingerprint density at radius 3 is 2.20 bits per heavy atom. The molecule has 3 rings (SSSR count). The molecular formula is C25H21NO4. The number of nitrogens with one attached hydrogen (secondary N) is 1. The molecule has 0 fully saturated rings. The largest absolute Gasteiger partial charge is 0.444 e. The molecule has 0 unspecified atom stereocenters. The van der Waals surface area contributed by atoms with E-state index in [9.17, 15) is 14.4 Å². The van der Waals surface area contributed by atoms with Crippen LogP contribution in [-0.4, -0.2) is 17.7 Å². The summed E-state index contributed by atoms with van der Waals surface area (Å²) in [5.41, 5.74) is 2.31. The number of carbonyl (C=O) groups is 3. The van der Waals surface area contributed by atoms with Crippen molar-refractivity contribution in [1.29, 1.82) is 0 Å². The summed E-state index contributed by atoms with van der Waals surface area (Å²) in [5.74, 6) is -1.26. The van der Waals surface area contributed by atoms with E-state index in [0.29, 0.717) is 16.8 Å². The van der Waals surface area contributed by atoms with Gasteiger partial charge in [-0.1, -0.05) is 72.8 Å². The molecule has 30 heavy (non-hydrogen) atoms. The standard InChI is InChI=1S/C25H21NO4/c1-18(27)21-13-8-14-22(17-21)26-25(29)24(20-11-6-3-7-12-20)30-23(28)16-15-19-9-4-2-5-10-19/h2-17,24H,1H3,(H,26,29)/b16-15+/t24-/m0/s1. The van der Waals surface area contributed by atoms with Gasteiger partial charge in [0.25, 0.3) is 5.91 Å². The van der Waals surface area contributed by atoms with Crippen molar-refractivity contribution >= 4 is 29.4 Å². The third-order valence-corrected chi connectivity index (χ3v) is 4.32. The van der Waals surface area contributed by atoms with Crippen molar-refractivity contribution in [2.24, 2.45) is 0 Å². The second-order valence-corrected chi connectivity index (χ2v) is 6.60. The van der Waals surface area contributed by atoms with Crippen LogP contribution < -0.4 is 5.32 Å². The summed E-state index contributed by atoms with van der Waals surface area (Å²) in [6, 6.07) is 24.7. The number of carbonyl (C=O) groups excluding carboxylic acids is 3. The quantitative estimate of drug-likeness (QED) is 0.351. The lowest BCUT2D eigenvalue weighted by molar-refractivity contribution is -0.149. The molecule has 0 aromatic heterocycles. The topological polar surface area (TPSA) is 72.5 Å². The fourth-order valence-electron chi connectivity index (χ4n) is 2.81. The fraction of sp³-hybridized carbons (Fsp3) is 0.0800. The molecule has 0 spiro atoms. The van der Waals surface area contributed by atoms with Crippen LogP contribution in [0.25, 0.3) is 6.08 Å². The van der Waals surface area contributed by atoms with Crippen LogP contribution in [0.4, 0.5) is 5.69 Å². The maximum Gasteiger partial charge on any atom is 0.331 e. The third kappa shape index (κ3) is 5.75. The molecule has 0 aliphatic carbocycles. The molecule has 3 aromatic rings. The molecule has 3 aromatic carbocycles. The molecule has 150 valence electrons. The Hall–Kier alpha value is -3.99. The normalized spacial score (nSPS) is 11.6. The summed E-state index contributed by atoms with van der Waals surface area (Å²) in [7, 11) is 0. The summed E-state index contributed by atoms with van der Waals surface area (Å²) in [5, 5.41) is 2.72. The van der Waals surface area contributed by atoms with Gasteiger partial charge < -0.3 is 10.1 Å². The van der Waals surface area contributed by atoms with Gasteiger partial charge in [0.15, 0.2) is 5.78 Å². The Balaban J connectivity index is 1.78. The predicted octanol–water partition coefficient (Wildman–Crippen LogP) is 4.83. The number of Topliss-reactive ketones (excluding diaryl/α,β-unsaturated/α-hetero) is 1. The van der Waals surface area contributed by atoms with Gasteiger partial charge in [-0.3, -0.25) is 9.59 Å². The second-order valence-electron chi connectivity index (χ2n) is 6.60. The highest BCUT2D eigenvalue weighted by atomic mass is 16.5. The van der Waals surface area contributed by atoms with E-state index in [-0.39, 0.29) is 5.78 Å². The van der Waals surface area contributed by atoms with Gasteiger partial charge >= 0.3 is 5.97 Å². The average Bonchev–Trinajstić information content (AvgIpc) is 2.77. The maximum atomic E-state index is 12.9. The van der Waals surface area contributed by atoms with E-state index >= 15 is 0 Å². The number of hydrogen-bond acceptors (Lipinski definition) is 4. The van der Waals surface area contributed by atoms with Crippen LogP contribution in [0.5, 0.6) is 0 Å². The first-order chi connectivity index (χ1) is 14.5. The summed E-state index contributed by atoms with van der Waals surface area (Å²) < 4.78 is 5.47. The van der Waals surface area contributed by atoms with E-state index in [0.717, 1.165) is 5.56 Å². The Morgan fingerprint density at radius 2 is 1.53 bits per heavy atom. The Bertz CT molecular complexity index is 1060. The van der Waals surface area contributed by atoms with E-state index in [2.05, 4.69) is 5.32 Å². The minimum Gasteiger partial charge on any atom is -0.444 e. The molecule has 0 saturated heterocycles. The SMILES string of the molecule is CC(=O)c1cccc(NC(=O)[C@@H](OC(=O)/C=C/c2ccccc2)c2ccccc2)c1. The maximum absolute atomic E-state index is 12.9. The molecule has 1 amide bonds. The van der Waals surface area contributed by atoms with Gasteiger partial charge in [-0.2, -0.15) is 0 Å². The van der Waals surface area contributed by atoms with Gasteiger partial charge in [0, 0.05) is 22.9 Å². The third-order valence-electron chi connectivity index (χ3n) is 4.32. The Labute approximate surface area is 175 Å². The number of amides is 1. The van der Waals surface area contributed by atoms with Crippen LogP contribution in [0.1, 0.15) is 34.5 Å². The first-order valence-corrected chi connectivity index (χ1v) is 9.43. The zero-order valence-electron chi connectivity index (χ0n) is 16.4. The summed E-state index contributed by atoms with van der Waals surface area (Å²) in [4.78, 5) is 36.9. The molecule has 0 saturated carbocycles. The first kappa shape index (κ1) is 20.7. The van der Waals surface area contributed by atoms with E-state index in [1.54, 1.807) is 54.6 Å². The molecule has 0 heterocycles. The molecule has 5 nitrogen and oxygen atoms in total. The van der Waals surface area contributed by atoms with Crippen molar-refractivity contribution in [3.05, 3.63) is 108 Å². The minimum absolute atomic E-state index is 0.108. The van der Waals surface area contributed by atoms with Gasteiger partial charge in [0.05, 0.1) is 0 Å². The molecule has 1 N–H and O–H groups in total. The summed E-state index contributed by atoms with van der Waals surface area (Å²) in [6.45, 7) is 1.45. The number of anilines is 1. The highest BCUT2D eigenvalue weighted by Gasteiger charge is 2.24. The number of esters is 1. The van der Waals surface area contributed by atoms with Gasteiger partial charge in [0.1, 0.15) is 0 Å². The Morgan fingerprint density at radius 1 is 0.867 bits per heavy atom. The van der Waals surface area contributed by atoms with Crippen molar-refractivity contribution in [2.75, 3.05) is 5.32 Å². The number of ether oxygens (including phenoxy) is 1. The Kier molecular flexibility index (Phi) is 6.90. The molecule has 0 aliphatic heterocycles. The molecule has 5 heteroatoms. The molecule has 0 bridgehead atoms. The van der Waals surface area contributed by atoms with Gasteiger partial charge in [-0.15, -0.1) is 0 Å². The van der Waals surface area contributed by atoms with Crippen molar-refractivity contribution < 1.29 is 19.1 Å². The lowest BCUT2D eigenvalue weighted by Gasteiger charge is -2.17. The highest BCUT2D eigenvalue weighted by molar-refractivity contribution is 5.99. The zero-order chi connectivity index (χ0) is 21.3. The molecule has 0 aliphatic rings. The van der Waals surface area contributed by atoms with Gasteiger partial charge in [-0.25, -0.2) is 4.79 Å². The predicted molar refractivity (Wildman–Crippen MR) is 116 cm³/mol. The minimum atomic E-state index is -1.14. The number of rotatable bonds is 7. The van der Waals surface area contributed by atoms with Crippen molar-refractivity contribution in [3.63, 3.8) is 0 Å². The first-order valence-electron chi connectivity index (χ1n) is 9.43. The fourth-order valence-corrected chi connectivity index (χ4v) is 2.81. The number of benzene rings is 3. The summed E-state index contributed by atoms with van der Waals surface area (Å²) >= 11 is 0. The number of ketones is 1. The molecule has 1 atom stereocenters. The molecular weight excluding hydrogens is 378 g/mol. The van der Waals surface area contributed by atoms with Crippen LogP contribution in [0, 0.1) is 0 Å².